The van der Waals surface area contributed by atoms with Crippen LogP contribution in [0.4, 0.5) is 5.69 Å². The van der Waals surface area contributed by atoms with Crippen LogP contribution >= 0.6 is 0 Å². The number of nitrogens with zero attached hydrogens (tertiary/aromatic N) is 2. The fourth-order valence-electron chi connectivity index (χ4n) is 1.50. The molecule has 0 aliphatic carbocycles. The van der Waals surface area contributed by atoms with Gasteiger partial charge in [-0.05, 0) is 24.3 Å². The van der Waals surface area contributed by atoms with Gasteiger partial charge in [-0.1, -0.05) is 6.58 Å². The van der Waals surface area contributed by atoms with Crippen LogP contribution in [0.5, 0.6) is 0 Å². The summed E-state index contributed by atoms with van der Waals surface area (Å²) in [5.41, 5.74) is 2.17. The van der Waals surface area contributed by atoms with Crippen molar-refractivity contribution in [3.05, 3.63) is 54.4 Å². The van der Waals surface area contributed by atoms with Crippen molar-refractivity contribution < 1.29 is 9.90 Å². The Hall–Kier alpha value is -2.56. The number of anilines is 1. The summed E-state index contributed by atoms with van der Waals surface area (Å²) in [4.78, 5) is 10.7. The molecule has 0 aliphatic rings. The zero-order valence-corrected chi connectivity index (χ0v) is 9.71. The van der Waals surface area contributed by atoms with Crippen molar-refractivity contribution in [1.82, 2.24) is 9.78 Å². The SMILES string of the molecule is C=Cn1cc(CNc2ccc(C(=O)O)cc2)cn1. The van der Waals surface area contributed by atoms with Crippen molar-refractivity contribution in [3.63, 3.8) is 0 Å². The Kier molecular flexibility index (Phi) is 3.43. The fourth-order valence-corrected chi connectivity index (χ4v) is 1.50. The number of hydrogen-bond donors (Lipinski definition) is 2. The average Bonchev–Trinajstić information content (AvgIpc) is 2.85. The Bertz CT molecular complexity index is 558. The van der Waals surface area contributed by atoms with Crippen LogP contribution in [-0.2, 0) is 6.54 Å². The van der Waals surface area contributed by atoms with Crippen molar-refractivity contribution in [1.29, 1.82) is 0 Å². The molecule has 2 aromatic rings. The second kappa shape index (κ2) is 5.18. The maximum absolute atomic E-state index is 10.7. The van der Waals surface area contributed by atoms with Gasteiger partial charge in [-0.15, -0.1) is 0 Å². The van der Waals surface area contributed by atoms with E-state index in [4.69, 9.17) is 5.11 Å². The molecule has 18 heavy (non-hydrogen) atoms. The maximum atomic E-state index is 10.7. The molecule has 0 saturated carbocycles. The van der Waals surface area contributed by atoms with E-state index in [-0.39, 0.29) is 5.56 Å². The molecule has 1 aromatic heterocycles. The highest BCUT2D eigenvalue weighted by atomic mass is 16.4. The lowest BCUT2D eigenvalue weighted by Gasteiger charge is -2.04. The van der Waals surface area contributed by atoms with Gasteiger partial charge in [-0.3, -0.25) is 0 Å². The molecule has 5 heteroatoms. The third-order valence-electron chi connectivity index (χ3n) is 2.47. The van der Waals surface area contributed by atoms with E-state index in [1.165, 1.54) is 0 Å². The number of carboxylic acids is 1. The molecule has 0 aliphatic heterocycles. The zero-order chi connectivity index (χ0) is 13.0. The van der Waals surface area contributed by atoms with Crippen LogP contribution in [-0.4, -0.2) is 20.9 Å². The van der Waals surface area contributed by atoms with Gasteiger partial charge in [0.2, 0.25) is 0 Å². The summed E-state index contributed by atoms with van der Waals surface area (Å²) >= 11 is 0. The van der Waals surface area contributed by atoms with Gasteiger partial charge in [-0.25, -0.2) is 9.48 Å². The van der Waals surface area contributed by atoms with Crippen LogP contribution in [0, 0.1) is 0 Å². The summed E-state index contributed by atoms with van der Waals surface area (Å²) in [7, 11) is 0. The molecule has 5 nitrogen and oxygen atoms in total. The first-order valence-electron chi connectivity index (χ1n) is 5.42. The van der Waals surface area contributed by atoms with Crippen molar-refractivity contribution in [2.75, 3.05) is 5.32 Å². The number of hydrogen-bond acceptors (Lipinski definition) is 3. The van der Waals surface area contributed by atoms with Gasteiger partial charge < -0.3 is 10.4 Å². The summed E-state index contributed by atoms with van der Waals surface area (Å²) in [6, 6.07) is 6.61. The summed E-state index contributed by atoms with van der Waals surface area (Å²) in [6.45, 7) is 4.24. The lowest BCUT2D eigenvalue weighted by Crippen LogP contribution is -2.00. The molecule has 0 unspecified atom stereocenters. The lowest BCUT2D eigenvalue weighted by molar-refractivity contribution is 0.0697. The van der Waals surface area contributed by atoms with Crippen LogP contribution in [0.1, 0.15) is 15.9 Å². The quantitative estimate of drug-likeness (QED) is 0.845. The van der Waals surface area contributed by atoms with E-state index in [0.717, 1.165) is 11.3 Å². The number of benzene rings is 1. The van der Waals surface area contributed by atoms with E-state index in [1.54, 1.807) is 41.3 Å². The summed E-state index contributed by atoms with van der Waals surface area (Å²) in [5.74, 6) is -0.922. The molecule has 0 fully saturated rings. The van der Waals surface area contributed by atoms with E-state index >= 15 is 0 Å². The molecule has 0 radical (unpaired) electrons. The number of aromatic nitrogens is 2. The Balaban J connectivity index is 1.97. The Morgan fingerprint density at radius 3 is 2.72 bits per heavy atom. The van der Waals surface area contributed by atoms with Crippen LogP contribution in [0.3, 0.4) is 0 Å². The van der Waals surface area contributed by atoms with Crippen molar-refractivity contribution in [2.24, 2.45) is 0 Å². The highest BCUT2D eigenvalue weighted by Crippen LogP contribution is 2.11. The molecule has 0 bridgehead atoms. The predicted molar refractivity (Wildman–Crippen MR) is 69.3 cm³/mol. The highest BCUT2D eigenvalue weighted by molar-refractivity contribution is 5.87. The van der Waals surface area contributed by atoms with Crippen LogP contribution in [0.2, 0.25) is 0 Å². The zero-order valence-electron chi connectivity index (χ0n) is 9.71. The summed E-state index contributed by atoms with van der Waals surface area (Å²) in [5, 5.41) is 16.0. The van der Waals surface area contributed by atoms with E-state index in [1.807, 2.05) is 6.20 Å². The maximum Gasteiger partial charge on any atom is 0.335 e. The number of carbonyl (C=O) groups is 1. The molecule has 0 spiro atoms. The molecule has 92 valence electrons. The monoisotopic (exact) mass is 243 g/mol. The standard InChI is InChI=1S/C13H13N3O2/c1-2-16-9-10(8-15-16)7-14-12-5-3-11(4-6-12)13(17)18/h2-6,8-9,14H,1,7H2,(H,17,18). The van der Waals surface area contributed by atoms with Crippen molar-refractivity contribution in [3.8, 4) is 0 Å². The van der Waals surface area contributed by atoms with Crippen LogP contribution < -0.4 is 5.32 Å². The van der Waals surface area contributed by atoms with E-state index in [2.05, 4.69) is 17.0 Å². The first kappa shape index (κ1) is 11.9. The van der Waals surface area contributed by atoms with Gasteiger partial charge in [0, 0.05) is 30.2 Å². The van der Waals surface area contributed by atoms with E-state index < -0.39 is 5.97 Å². The molecule has 1 heterocycles. The third-order valence-corrected chi connectivity index (χ3v) is 2.47. The van der Waals surface area contributed by atoms with E-state index in [0.29, 0.717) is 6.54 Å². The topological polar surface area (TPSA) is 67.2 Å². The third kappa shape index (κ3) is 2.76. The minimum atomic E-state index is -0.922. The minimum absolute atomic E-state index is 0.278. The summed E-state index contributed by atoms with van der Waals surface area (Å²) in [6.07, 6.45) is 5.23. The highest BCUT2D eigenvalue weighted by Gasteiger charge is 2.01. The average molecular weight is 243 g/mol. The Labute approximate surface area is 104 Å². The normalized spacial score (nSPS) is 10.0. The van der Waals surface area contributed by atoms with Crippen LogP contribution in [0.15, 0.2) is 43.2 Å². The molecular formula is C13H13N3O2. The summed E-state index contributed by atoms with van der Waals surface area (Å²) < 4.78 is 1.63. The fraction of sp³-hybridized carbons (Fsp3) is 0.0769. The number of rotatable bonds is 5. The molecule has 0 atom stereocenters. The van der Waals surface area contributed by atoms with E-state index in [9.17, 15) is 4.79 Å². The van der Waals surface area contributed by atoms with Crippen molar-refractivity contribution in [2.45, 2.75) is 6.54 Å². The largest absolute Gasteiger partial charge is 0.478 e. The molecule has 1 aromatic carbocycles. The van der Waals surface area contributed by atoms with Gasteiger partial charge in [-0.2, -0.15) is 5.10 Å². The number of aromatic carboxylic acids is 1. The number of nitrogens with one attached hydrogen (secondary N) is 1. The number of carboxylic acid groups (broad SMARTS) is 1. The van der Waals surface area contributed by atoms with Gasteiger partial charge in [0.1, 0.15) is 0 Å². The first-order valence-corrected chi connectivity index (χ1v) is 5.42. The van der Waals surface area contributed by atoms with Gasteiger partial charge in [0.05, 0.1) is 11.8 Å². The second-order valence-electron chi connectivity index (χ2n) is 3.75. The van der Waals surface area contributed by atoms with Gasteiger partial charge in [0.15, 0.2) is 0 Å². The lowest BCUT2D eigenvalue weighted by atomic mass is 10.2. The Morgan fingerprint density at radius 2 is 2.17 bits per heavy atom. The van der Waals surface area contributed by atoms with Crippen LogP contribution in [0.25, 0.3) is 6.20 Å². The molecule has 0 amide bonds. The molecule has 0 saturated heterocycles. The first-order chi connectivity index (χ1) is 8.69. The Morgan fingerprint density at radius 1 is 1.44 bits per heavy atom. The smallest absolute Gasteiger partial charge is 0.335 e. The molecule has 2 rings (SSSR count). The predicted octanol–water partition coefficient (Wildman–Crippen LogP) is 2.29. The minimum Gasteiger partial charge on any atom is -0.478 e. The van der Waals surface area contributed by atoms with Gasteiger partial charge in [0.25, 0.3) is 0 Å². The van der Waals surface area contributed by atoms with Gasteiger partial charge >= 0.3 is 5.97 Å². The molecule has 2 N–H and O–H groups in total. The van der Waals surface area contributed by atoms with Crippen molar-refractivity contribution >= 4 is 17.9 Å². The molecular weight excluding hydrogens is 230 g/mol. The second-order valence-corrected chi connectivity index (χ2v) is 3.75.